The molecule has 2 aromatic rings. The normalized spacial score (nSPS) is 16.5. The fraction of sp³-hybridized carbons (Fsp3) is 0.263. The van der Waals surface area contributed by atoms with Crippen LogP contribution in [0.3, 0.4) is 0 Å². The lowest BCUT2D eigenvalue weighted by atomic mass is 10.1. The molecule has 0 saturated carbocycles. The summed E-state index contributed by atoms with van der Waals surface area (Å²) in [4.78, 5) is 26.5. The maximum absolute atomic E-state index is 12.6. The zero-order valence-electron chi connectivity index (χ0n) is 14.5. The van der Waals surface area contributed by atoms with Crippen LogP contribution in [-0.2, 0) is 16.1 Å². The highest BCUT2D eigenvalue weighted by atomic mass is 35.5. The highest BCUT2D eigenvalue weighted by molar-refractivity contribution is 6.35. The molecule has 1 saturated heterocycles. The van der Waals surface area contributed by atoms with Gasteiger partial charge in [-0.25, -0.2) is 0 Å². The Bertz CT molecular complexity index is 858. The van der Waals surface area contributed by atoms with Gasteiger partial charge in [0.25, 0.3) is 0 Å². The smallest absolute Gasteiger partial charge is 0.387 e. The van der Waals surface area contributed by atoms with Gasteiger partial charge in [0, 0.05) is 28.8 Å². The highest BCUT2D eigenvalue weighted by Gasteiger charge is 2.37. The molecule has 0 unspecified atom stereocenters. The third-order valence-corrected chi connectivity index (χ3v) is 4.73. The van der Waals surface area contributed by atoms with Gasteiger partial charge in [-0.1, -0.05) is 35.3 Å². The van der Waals surface area contributed by atoms with E-state index in [0.29, 0.717) is 34.3 Å². The fourth-order valence-electron chi connectivity index (χ4n) is 2.98. The van der Waals surface area contributed by atoms with Crippen molar-refractivity contribution in [1.82, 2.24) is 5.32 Å². The number of hydrogen-bond donors (Lipinski definition) is 1. The van der Waals surface area contributed by atoms with Gasteiger partial charge in [0.2, 0.25) is 11.8 Å². The number of benzene rings is 2. The molecular weight excluding hydrogens is 413 g/mol. The van der Waals surface area contributed by atoms with Crippen LogP contribution in [0.1, 0.15) is 12.0 Å². The van der Waals surface area contributed by atoms with Crippen molar-refractivity contribution in [3.05, 3.63) is 58.1 Å². The Labute approximate surface area is 170 Å². The molecule has 28 heavy (non-hydrogen) atoms. The average molecular weight is 429 g/mol. The lowest BCUT2D eigenvalue weighted by Crippen LogP contribution is -2.36. The number of alkyl halides is 2. The first kappa shape index (κ1) is 20.4. The third kappa shape index (κ3) is 4.91. The first-order chi connectivity index (χ1) is 13.3. The number of amides is 2. The van der Waals surface area contributed by atoms with Crippen LogP contribution in [0, 0.1) is 5.92 Å². The monoisotopic (exact) mass is 428 g/mol. The molecule has 1 aliphatic rings. The maximum Gasteiger partial charge on any atom is 0.387 e. The van der Waals surface area contributed by atoms with Crippen LogP contribution >= 0.6 is 23.2 Å². The van der Waals surface area contributed by atoms with E-state index < -0.39 is 18.4 Å². The van der Waals surface area contributed by atoms with E-state index in [4.69, 9.17) is 23.2 Å². The number of halogens is 4. The summed E-state index contributed by atoms with van der Waals surface area (Å²) in [5.41, 5.74) is 1.24. The van der Waals surface area contributed by atoms with Crippen molar-refractivity contribution in [2.45, 2.75) is 19.6 Å². The van der Waals surface area contributed by atoms with Gasteiger partial charge in [0.1, 0.15) is 11.7 Å². The molecule has 1 fully saturated rings. The Hall–Kier alpha value is -2.38. The van der Waals surface area contributed by atoms with Crippen LogP contribution in [0.5, 0.6) is 5.75 Å². The van der Waals surface area contributed by atoms with E-state index in [9.17, 15) is 18.4 Å². The first-order valence-corrected chi connectivity index (χ1v) is 9.18. The summed E-state index contributed by atoms with van der Waals surface area (Å²) < 4.78 is 28.6. The molecule has 148 valence electrons. The molecule has 5 nitrogen and oxygen atoms in total. The standard InChI is InChI=1S/C19H16Cl2F2N2O3/c20-12-7-13(21)9-14(8-12)25-6-5-16(18(25)27)17(26)24-10-11-1-3-15(4-2-11)28-19(22)23/h1-4,7-9,16,19H,5-6,10H2,(H,24,26)/t16-/m0/s1. The topological polar surface area (TPSA) is 58.6 Å². The van der Waals surface area contributed by atoms with Gasteiger partial charge in [0.15, 0.2) is 0 Å². The summed E-state index contributed by atoms with van der Waals surface area (Å²) >= 11 is 12.0. The molecule has 3 rings (SSSR count). The Kier molecular flexibility index (Phi) is 6.36. The van der Waals surface area contributed by atoms with Gasteiger partial charge < -0.3 is 15.0 Å². The first-order valence-electron chi connectivity index (χ1n) is 8.42. The summed E-state index contributed by atoms with van der Waals surface area (Å²) in [6.45, 7) is -2.34. The Morgan fingerprint density at radius 3 is 2.43 bits per heavy atom. The van der Waals surface area contributed by atoms with Crippen LogP contribution in [0.15, 0.2) is 42.5 Å². The summed E-state index contributed by atoms with van der Waals surface area (Å²) in [6, 6.07) is 10.7. The molecule has 1 heterocycles. The van der Waals surface area contributed by atoms with Crippen molar-refractivity contribution in [2.24, 2.45) is 5.92 Å². The van der Waals surface area contributed by atoms with Gasteiger partial charge in [-0.3, -0.25) is 9.59 Å². The molecule has 2 aromatic carbocycles. The minimum Gasteiger partial charge on any atom is -0.435 e. The van der Waals surface area contributed by atoms with Crippen molar-refractivity contribution in [3.8, 4) is 5.75 Å². The molecule has 1 N–H and O–H groups in total. The van der Waals surface area contributed by atoms with E-state index in [1.54, 1.807) is 30.3 Å². The van der Waals surface area contributed by atoms with E-state index >= 15 is 0 Å². The van der Waals surface area contributed by atoms with Crippen LogP contribution in [-0.4, -0.2) is 25.0 Å². The van der Waals surface area contributed by atoms with Crippen LogP contribution in [0.4, 0.5) is 14.5 Å². The molecule has 2 amide bonds. The third-order valence-electron chi connectivity index (χ3n) is 4.30. The number of ether oxygens (including phenoxy) is 1. The zero-order chi connectivity index (χ0) is 20.3. The van der Waals surface area contributed by atoms with E-state index in [1.807, 2.05) is 0 Å². The number of rotatable bonds is 6. The lowest BCUT2D eigenvalue weighted by Gasteiger charge is -2.17. The molecule has 0 aromatic heterocycles. The number of anilines is 1. The Morgan fingerprint density at radius 1 is 1.18 bits per heavy atom. The number of nitrogens with one attached hydrogen (secondary N) is 1. The van der Waals surface area contributed by atoms with Crippen molar-refractivity contribution >= 4 is 40.7 Å². The van der Waals surface area contributed by atoms with Crippen molar-refractivity contribution < 1.29 is 23.1 Å². The summed E-state index contributed by atoms with van der Waals surface area (Å²) in [6.07, 6.45) is 0.371. The average Bonchev–Trinajstić information content (AvgIpc) is 3.01. The molecule has 9 heteroatoms. The maximum atomic E-state index is 12.6. The van der Waals surface area contributed by atoms with Gasteiger partial charge >= 0.3 is 6.61 Å². The summed E-state index contributed by atoms with van der Waals surface area (Å²) in [5.74, 6) is -1.49. The molecular formula is C19H16Cl2F2N2O3. The van der Waals surface area contributed by atoms with Crippen molar-refractivity contribution in [1.29, 1.82) is 0 Å². The quantitative estimate of drug-likeness (QED) is 0.699. The van der Waals surface area contributed by atoms with Crippen molar-refractivity contribution in [2.75, 3.05) is 11.4 Å². The minimum atomic E-state index is -2.89. The SMILES string of the molecule is O=C(NCc1ccc(OC(F)F)cc1)[C@@H]1CCN(c2cc(Cl)cc(Cl)c2)C1=O. The van der Waals surface area contributed by atoms with Gasteiger partial charge in [-0.15, -0.1) is 0 Å². The molecule has 1 atom stereocenters. The van der Waals surface area contributed by atoms with E-state index in [1.165, 1.54) is 17.0 Å². The van der Waals surface area contributed by atoms with Gasteiger partial charge in [-0.05, 0) is 42.3 Å². The van der Waals surface area contributed by atoms with Crippen LogP contribution in [0.2, 0.25) is 10.0 Å². The largest absolute Gasteiger partial charge is 0.435 e. The van der Waals surface area contributed by atoms with Gasteiger partial charge in [0.05, 0.1) is 0 Å². The zero-order valence-corrected chi connectivity index (χ0v) is 16.0. The molecule has 0 bridgehead atoms. The fourth-order valence-corrected chi connectivity index (χ4v) is 3.49. The second-order valence-electron chi connectivity index (χ2n) is 6.20. The van der Waals surface area contributed by atoms with Gasteiger partial charge in [-0.2, -0.15) is 8.78 Å². The summed E-state index contributed by atoms with van der Waals surface area (Å²) in [5, 5.41) is 3.51. The molecule has 1 aliphatic heterocycles. The minimum absolute atomic E-state index is 0.0341. The number of nitrogens with zero attached hydrogens (tertiary/aromatic N) is 1. The predicted octanol–water partition coefficient (Wildman–Crippen LogP) is 4.26. The highest BCUT2D eigenvalue weighted by Crippen LogP contribution is 2.30. The second kappa shape index (κ2) is 8.75. The number of carbonyl (C=O) groups excluding carboxylic acids is 2. The second-order valence-corrected chi connectivity index (χ2v) is 7.07. The summed E-state index contributed by atoms with van der Waals surface area (Å²) in [7, 11) is 0. The number of carbonyl (C=O) groups is 2. The van der Waals surface area contributed by atoms with E-state index in [-0.39, 0.29) is 18.2 Å². The molecule has 0 radical (unpaired) electrons. The Balaban J connectivity index is 1.58. The predicted molar refractivity (Wildman–Crippen MR) is 102 cm³/mol. The number of hydrogen-bond acceptors (Lipinski definition) is 3. The Morgan fingerprint density at radius 2 is 1.82 bits per heavy atom. The van der Waals surface area contributed by atoms with E-state index in [0.717, 1.165) is 0 Å². The van der Waals surface area contributed by atoms with E-state index in [2.05, 4.69) is 10.1 Å². The van der Waals surface area contributed by atoms with Crippen LogP contribution < -0.4 is 15.0 Å². The van der Waals surface area contributed by atoms with Crippen molar-refractivity contribution in [3.63, 3.8) is 0 Å². The lowest BCUT2D eigenvalue weighted by molar-refractivity contribution is -0.132. The molecule has 0 aliphatic carbocycles. The van der Waals surface area contributed by atoms with Crippen LogP contribution in [0.25, 0.3) is 0 Å². The molecule has 0 spiro atoms.